The lowest BCUT2D eigenvalue weighted by Crippen LogP contribution is -2.04. The number of ketones is 1. The number of benzene rings is 1. The van der Waals surface area contributed by atoms with Gasteiger partial charge in [0.05, 0.1) is 19.0 Å². The molecule has 0 spiro atoms. The first-order valence-corrected chi connectivity index (χ1v) is 6.14. The molecule has 0 amide bonds. The molecule has 0 bridgehead atoms. The summed E-state index contributed by atoms with van der Waals surface area (Å²) in [5, 5.41) is 0. The molecule has 0 saturated heterocycles. The number of ether oxygens (including phenoxy) is 1. The second kappa shape index (κ2) is 6.09. The highest BCUT2D eigenvalue weighted by Crippen LogP contribution is 2.13. The summed E-state index contributed by atoms with van der Waals surface area (Å²) in [4.78, 5) is 20.1. The number of nitrogens with zero attached hydrogens (tertiary/aromatic N) is 2. The van der Waals surface area contributed by atoms with Crippen molar-refractivity contribution in [1.82, 2.24) is 9.97 Å². The van der Waals surface area contributed by atoms with E-state index < -0.39 is 0 Å². The molecule has 1 aromatic heterocycles. The summed E-state index contributed by atoms with van der Waals surface area (Å²) < 4.78 is 5.09. The van der Waals surface area contributed by atoms with E-state index >= 15 is 0 Å². The lowest BCUT2D eigenvalue weighted by molar-refractivity contribution is 0.0977. The molecule has 0 unspecified atom stereocenters. The molecule has 0 fully saturated rings. The number of hydrogen-bond acceptors (Lipinski definition) is 4. The number of Topliss-reactive ketones (excluding diaryl/α,β-unsaturated/α-hetero) is 1. The topological polar surface area (TPSA) is 52.1 Å². The van der Waals surface area contributed by atoms with Crippen LogP contribution in [0, 0.1) is 6.92 Å². The van der Waals surface area contributed by atoms with E-state index in [1.54, 1.807) is 13.3 Å². The quantitative estimate of drug-likeness (QED) is 0.772. The van der Waals surface area contributed by atoms with Crippen LogP contribution in [0.2, 0.25) is 0 Å². The third-order valence-corrected chi connectivity index (χ3v) is 2.87. The lowest BCUT2D eigenvalue weighted by Gasteiger charge is -2.03. The van der Waals surface area contributed by atoms with Crippen LogP contribution in [0.3, 0.4) is 0 Å². The molecule has 2 aromatic rings. The number of carbonyl (C=O) groups is 1. The SMILES string of the molecule is COc1ccc(CCC(=O)c2cnc(C)cn2)cc1. The molecule has 4 nitrogen and oxygen atoms in total. The first kappa shape index (κ1) is 13.2. The first-order valence-electron chi connectivity index (χ1n) is 6.14. The molecule has 0 atom stereocenters. The Morgan fingerprint density at radius 3 is 2.47 bits per heavy atom. The van der Waals surface area contributed by atoms with Crippen LogP contribution >= 0.6 is 0 Å². The van der Waals surface area contributed by atoms with Crippen LogP contribution in [0.5, 0.6) is 5.75 Å². The Labute approximate surface area is 112 Å². The van der Waals surface area contributed by atoms with Gasteiger partial charge in [0.2, 0.25) is 0 Å². The van der Waals surface area contributed by atoms with Gasteiger partial charge >= 0.3 is 0 Å². The van der Waals surface area contributed by atoms with Crippen LogP contribution in [0.4, 0.5) is 0 Å². The highest BCUT2D eigenvalue weighted by atomic mass is 16.5. The van der Waals surface area contributed by atoms with Crippen molar-refractivity contribution in [1.29, 1.82) is 0 Å². The van der Waals surface area contributed by atoms with Crippen LogP contribution in [0.15, 0.2) is 36.7 Å². The van der Waals surface area contributed by atoms with Crippen LogP contribution in [0.1, 0.15) is 28.2 Å². The maximum Gasteiger partial charge on any atom is 0.183 e. The van der Waals surface area contributed by atoms with E-state index in [1.165, 1.54) is 6.20 Å². The minimum atomic E-state index is 0.0170. The summed E-state index contributed by atoms with van der Waals surface area (Å²) in [6, 6.07) is 7.72. The van der Waals surface area contributed by atoms with Gasteiger partial charge in [0.1, 0.15) is 11.4 Å². The number of carbonyl (C=O) groups excluding carboxylic acids is 1. The van der Waals surface area contributed by atoms with Gasteiger partial charge in [-0.2, -0.15) is 0 Å². The average molecular weight is 256 g/mol. The molecule has 0 N–H and O–H groups in total. The molecule has 0 aliphatic rings. The van der Waals surface area contributed by atoms with Gasteiger partial charge in [0.15, 0.2) is 5.78 Å². The highest BCUT2D eigenvalue weighted by Gasteiger charge is 2.08. The van der Waals surface area contributed by atoms with E-state index in [-0.39, 0.29) is 5.78 Å². The van der Waals surface area contributed by atoms with Crippen molar-refractivity contribution < 1.29 is 9.53 Å². The largest absolute Gasteiger partial charge is 0.497 e. The van der Waals surface area contributed by atoms with Crippen molar-refractivity contribution >= 4 is 5.78 Å². The zero-order chi connectivity index (χ0) is 13.7. The summed E-state index contributed by atoms with van der Waals surface area (Å²) in [6.07, 6.45) is 4.27. The smallest absolute Gasteiger partial charge is 0.183 e. The highest BCUT2D eigenvalue weighted by molar-refractivity contribution is 5.94. The zero-order valence-corrected chi connectivity index (χ0v) is 11.1. The Morgan fingerprint density at radius 1 is 1.16 bits per heavy atom. The zero-order valence-electron chi connectivity index (χ0n) is 11.1. The molecule has 1 aromatic carbocycles. The molecular formula is C15H16N2O2. The van der Waals surface area contributed by atoms with Crippen LogP contribution < -0.4 is 4.74 Å². The number of aromatic nitrogens is 2. The molecule has 98 valence electrons. The Morgan fingerprint density at radius 2 is 1.89 bits per heavy atom. The van der Waals surface area contributed by atoms with Gasteiger partial charge in [-0.25, -0.2) is 4.98 Å². The third kappa shape index (κ3) is 3.61. The third-order valence-electron chi connectivity index (χ3n) is 2.87. The molecule has 0 aliphatic heterocycles. The van der Waals surface area contributed by atoms with Gasteiger partial charge in [-0.15, -0.1) is 0 Å². The van der Waals surface area contributed by atoms with Crippen molar-refractivity contribution in [2.24, 2.45) is 0 Å². The first-order chi connectivity index (χ1) is 9.19. The fraction of sp³-hybridized carbons (Fsp3) is 0.267. The minimum absolute atomic E-state index is 0.0170. The van der Waals surface area contributed by atoms with E-state index in [0.717, 1.165) is 17.0 Å². The molecule has 0 aliphatic carbocycles. The normalized spacial score (nSPS) is 10.2. The summed E-state index contributed by atoms with van der Waals surface area (Å²) in [7, 11) is 1.63. The van der Waals surface area contributed by atoms with E-state index in [2.05, 4.69) is 9.97 Å². The summed E-state index contributed by atoms with van der Waals surface area (Å²) >= 11 is 0. The Bertz CT molecular complexity index is 547. The van der Waals surface area contributed by atoms with Crippen molar-refractivity contribution in [3.05, 3.63) is 53.6 Å². The summed E-state index contributed by atoms with van der Waals surface area (Å²) in [6.45, 7) is 1.85. The number of aryl methyl sites for hydroxylation is 2. The minimum Gasteiger partial charge on any atom is -0.497 e. The summed E-state index contributed by atoms with van der Waals surface area (Å²) in [5.41, 5.74) is 2.35. The number of rotatable bonds is 5. The van der Waals surface area contributed by atoms with Crippen LogP contribution in [-0.4, -0.2) is 22.9 Å². The molecular weight excluding hydrogens is 240 g/mol. The van der Waals surface area contributed by atoms with E-state index in [4.69, 9.17) is 4.74 Å². The van der Waals surface area contributed by atoms with Crippen molar-refractivity contribution in [3.8, 4) is 5.75 Å². The predicted molar refractivity (Wildman–Crippen MR) is 72.4 cm³/mol. The summed E-state index contributed by atoms with van der Waals surface area (Å²) in [5.74, 6) is 0.836. The van der Waals surface area contributed by atoms with E-state index in [9.17, 15) is 4.79 Å². The van der Waals surface area contributed by atoms with Crippen molar-refractivity contribution in [3.63, 3.8) is 0 Å². The fourth-order valence-electron chi connectivity index (χ4n) is 1.71. The van der Waals surface area contributed by atoms with E-state index in [0.29, 0.717) is 18.5 Å². The van der Waals surface area contributed by atoms with Gasteiger partial charge in [0, 0.05) is 12.6 Å². The van der Waals surface area contributed by atoms with Crippen LogP contribution in [-0.2, 0) is 6.42 Å². The molecule has 0 saturated carbocycles. The van der Waals surface area contributed by atoms with Gasteiger partial charge in [-0.1, -0.05) is 12.1 Å². The maximum atomic E-state index is 11.9. The molecule has 19 heavy (non-hydrogen) atoms. The molecule has 2 rings (SSSR count). The Balaban J connectivity index is 1.94. The van der Waals surface area contributed by atoms with Gasteiger partial charge in [-0.3, -0.25) is 9.78 Å². The van der Waals surface area contributed by atoms with Gasteiger partial charge in [0.25, 0.3) is 0 Å². The number of hydrogen-bond donors (Lipinski definition) is 0. The molecule has 0 radical (unpaired) electrons. The Kier molecular flexibility index (Phi) is 4.23. The predicted octanol–water partition coefficient (Wildman–Crippen LogP) is 2.61. The molecule has 4 heteroatoms. The number of methoxy groups -OCH3 is 1. The standard InChI is InChI=1S/C15H16N2O2/c1-11-9-17-14(10-16-11)15(18)8-5-12-3-6-13(19-2)7-4-12/h3-4,6-7,9-10H,5,8H2,1-2H3. The van der Waals surface area contributed by atoms with E-state index in [1.807, 2.05) is 31.2 Å². The fourth-order valence-corrected chi connectivity index (χ4v) is 1.71. The molecule has 1 heterocycles. The second-order valence-corrected chi connectivity index (χ2v) is 4.31. The van der Waals surface area contributed by atoms with Crippen molar-refractivity contribution in [2.45, 2.75) is 19.8 Å². The average Bonchev–Trinajstić information content (AvgIpc) is 2.46. The monoisotopic (exact) mass is 256 g/mol. The van der Waals surface area contributed by atoms with Gasteiger partial charge in [-0.05, 0) is 31.0 Å². The lowest BCUT2D eigenvalue weighted by atomic mass is 10.1. The second-order valence-electron chi connectivity index (χ2n) is 4.31. The maximum absolute atomic E-state index is 11.9. The van der Waals surface area contributed by atoms with Crippen LogP contribution in [0.25, 0.3) is 0 Å². The Hall–Kier alpha value is -2.23. The van der Waals surface area contributed by atoms with Crippen molar-refractivity contribution in [2.75, 3.05) is 7.11 Å². The van der Waals surface area contributed by atoms with Gasteiger partial charge < -0.3 is 4.74 Å².